The molecule has 0 fully saturated rings. The maximum atomic E-state index is 12.9. The van der Waals surface area contributed by atoms with Crippen molar-refractivity contribution >= 4 is 25.2 Å². The van der Waals surface area contributed by atoms with E-state index in [1.165, 1.54) is 0 Å². The predicted octanol–water partition coefficient (Wildman–Crippen LogP) is 4.73. The first-order valence-electron chi connectivity index (χ1n) is 9.01. The van der Waals surface area contributed by atoms with E-state index in [2.05, 4.69) is 0 Å². The maximum absolute atomic E-state index is 12.9. The van der Waals surface area contributed by atoms with E-state index in [4.69, 9.17) is 31.5 Å². The SMILES string of the molecule is CCOP(=O)(Cc1cc(CC(N)C(=O)O)cc(-c2ccc(Cl)cc2)c1)OCC. The third-order valence-electron chi connectivity index (χ3n) is 4.03. The van der Waals surface area contributed by atoms with E-state index in [1.54, 1.807) is 32.0 Å². The Balaban J connectivity index is 2.45. The topological polar surface area (TPSA) is 98.9 Å². The van der Waals surface area contributed by atoms with Gasteiger partial charge in [0.2, 0.25) is 0 Å². The molecule has 0 spiro atoms. The summed E-state index contributed by atoms with van der Waals surface area (Å²) < 4.78 is 23.7. The largest absolute Gasteiger partial charge is 0.480 e. The van der Waals surface area contributed by atoms with E-state index in [0.717, 1.165) is 22.3 Å². The van der Waals surface area contributed by atoms with Crippen LogP contribution in [0.1, 0.15) is 25.0 Å². The van der Waals surface area contributed by atoms with Gasteiger partial charge in [0.15, 0.2) is 0 Å². The van der Waals surface area contributed by atoms with Gasteiger partial charge in [0.05, 0.1) is 19.4 Å². The molecule has 6 nitrogen and oxygen atoms in total. The number of rotatable bonds is 10. The zero-order chi connectivity index (χ0) is 20.7. The van der Waals surface area contributed by atoms with E-state index in [1.807, 2.05) is 24.3 Å². The van der Waals surface area contributed by atoms with Crippen molar-refractivity contribution in [3.05, 3.63) is 58.6 Å². The van der Waals surface area contributed by atoms with Gasteiger partial charge in [0.1, 0.15) is 6.04 Å². The monoisotopic (exact) mass is 425 g/mol. The minimum absolute atomic E-state index is 0.0887. The molecule has 8 heteroatoms. The second kappa shape index (κ2) is 10.2. The molecule has 0 aromatic heterocycles. The smallest absolute Gasteiger partial charge is 0.335 e. The van der Waals surface area contributed by atoms with Crippen LogP contribution in [0, 0.1) is 0 Å². The van der Waals surface area contributed by atoms with Crippen LogP contribution in [0.5, 0.6) is 0 Å². The average Bonchev–Trinajstić information content (AvgIpc) is 2.62. The van der Waals surface area contributed by atoms with Gasteiger partial charge in [-0.2, -0.15) is 0 Å². The quantitative estimate of drug-likeness (QED) is 0.534. The van der Waals surface area contributed by atoms with Crippen molar-refractivity contribution in [1.82, 2.24) is 0 Å². The molecule has 28 heavy (non-hydrogen) atoms. The molecule has 0 aliphatic carbocycles. The lowest BCUT2D eigenvalue weighted by Gasteiger charge is -2.18. The first-order valence-corrected chi connectivity index (χ1v) is 11.1. The minimum atomic E-state index is -3.30. The summed E-state index contributed by atoms with van der Waals surface area (Å²) in [6.45, 7) is 4.05. The summed E-state index contributed by atoms with van der Waals surface area (Å²) in [5, 5.41) is 9.75. The molecule has 0 saturated heterocycles. The lowest BCUT2D eigenvalue weighted by Crippen LogP contribution is -2.32. The van der Waals surface area contributed by atoms with Crippen molar-refractivity contribution in [2.75, 3.05) is 13.2 Å². The van der Waals surface area contributed by atoms with Crippen molar-refractivity contribution in [3.8, 4) is 11.1 Å². The van der Waals surface area contributed by atoms with Gasteiger partial charge < -0.3 is 19.9 Å². The molecule has 0 heterocycles. The van der Waals surface area contributed by atoms with E-state index in [-0.39, 0.29) is 25.8 Å². The Bertz CT molecular complexity index is 846. The highest BCUT2D eigenvalue weighted by Crippen LogP contribution is 2.51. The maximum Gasteiger partial charge on any atom is 0.335 e. The normalized spacial score (nSPS) is 12.7. The number of hydrogen-bond donors (Lipinski definition) is 2. The summed E-state index contributed by atoms with van der Waals surface area (Å²) in [6.07, 6.45) is 0.239. The Morgan fingerprint density at radius 3 is 2.18 bits per heavy atom. The van der Waals surface area contributed by atoms with Crippen LogP contribution in [0.25, 0.3) is 11.1 Å². The van der Waals surface area contributed by atoms with Crippen LogP contribution in [0.2, 0.25) is 5.02 Å². The van der Waals surface area contributed by atoms with Crippen LogP contribution in [-0.2, 0) is 31.0 Å². The second-order valence-corrected chi connectivity index (χ2v) is 8.79. The number of carboxylic acid groups (broad SMARTS) is 1. The van der Waals surface area contributed by atoms with Crippen molar-refractivity contribution in [3.63, 3.8) is 0 Å². The molecule has 0 amide bonds. The van der Waals surface area contributed by atoms with E-state index in [0.29, 0.717) is 5.02 Å². The predicted molar refractivity (Wildman–Crippen MR) is 111 cm³/mol. The summed E-state index contributed by atoms with van der Waals surface area (Å²) in [6, 6.07) is 11.8. The summed E-state index contributed by atoms with van der Waals surface area (Å²) in [5.74, 6) is -1.08. The molecule has 0 bridgehead atoms. The highest BCUT2D eigenvalue weighted by atomic mass is 35.5. The van der Waals surface area contributed by atoms with Gasteiger partial charge in [0.25, 0.3) is 0 Å². The summed E-state index contributed by atoms with van der Waals surface area (Å²) in [4.78, 5) is 11.2. The fourth-order valence-corrected chi connectivity index (χ4v) is 4.67. The zero-order valence-corrected chi connectivity index (χ0v) is 17.6. The van der Waals surface area contributed by atoms with Crippen LogP contribution < -0.4 is 5.73 Å². The summed E-state index contributed by atoms with van der Waals surface area (Å²) in [7, 11) is -3.30. The molecule has 152 valence electrons. The highest BCUT2D eigenvalue weighted by Gasteiger charge is 2.25. The lowest BCUT2D eigenvalue weighted by molar-refractivity contribution is -0.138. The molecule has 0 aliphatic rings. The molecule has 2 rings (SSSR count). The second-order valence-electron chi connectivity index (χ2n) is 6.30. The van der Waals surface area contributed by atoms with Crippen LogP contribution in [0.4, 0.5) is 0 Å². The van der Waals surface area contributed by atoms with Gasteiger partial charge in [-0.25, -0.2) is 0 Å². The molecule has 0 aliphatic heterocycles. The van der Waals surface area contributed by atoms with Gasteiger partial charge in [-0.05, 0) is 54.7 Å². The third kappa shape index (κ3) is 6.43. The summed E-state index contributed by atoms with van der Waals surface area (Å²) in [5.41, 5.74) is 8.92. The Morgan fingerprint density at radius 1 is 1.07 bits per heavy atom. The number of carboxylic acids is 1. The Morgan fingerprint density at radius 2 is 1.64 bits per heavy atom. The van der Waals surface area contributed by atoms with Crippen LogP contribution in [0.3, 0.4) is 0 Å². The number of benzene rings is 2. The molecular formula is C20H25ClNO5P. The van der Waals surface area contributed by atoms with Crippen molar-refractivity contribution < 1.29 is 23.5 Å². The van der Waals surface area contributed by atoms with Crippen molar-refractivity contribution in [1.29, 1.82) is 0 Å². The Labute approximate surface area is 170 Å². The molecular weight excluding hydrogens is 401 g/mol. The number of aliphatic carboxylic acids is 1. The van der Waals surface area contributed by atoms with Gasteiger partial charge in [0, 0.05) is 5.02 Å². The van der Waals surface area contributed by atoms with Gasteiger partial charge in [-0.15, -0.1) is 0 Å². The fourth-order valence-electron chi connectivity index (χ4n) is 2.87. The summed E-state index contributed by atoms with van der Waals surface area (Å²) >= 11 is 5.97. The number of nitrogens with two attached hydrogens (primary N) is 1. The van der Waals surface area contributed by atoms with Gasteiger partial charge in [-0.1, -0.05) is 41.9 Å². The van der Waals surface area contributed by atoms with Crippen LogP contribution >= 0.6 is 19.2 Å². The zero-order valence-electron chi connectivity index (χ0n) is 15.9. The minimum Gasteiger partial charge on any atom is -0.480 e. The van der Waals surface area contributed by atoms with E-state index in [9.17, 15) is 9.36 Å². The van der Waals surface area contributed by atoms with Crippen molar-refractivity contribution in [2.24, 2.45) is 5.73 Å². The average molecular weight is 426 g/mol. The Kier molecular flexibility index (Phi) is 8.23. The Hall–Kier alpha value is -1.69. The first-order chi connectivity index (χ1) is 13.3. The van der Waals surface area contributed by atoms with Gasteiger partial charge >= 0.3 is 13.6 Å². The number of halogens is 1. The van der Waals surface area contributed by atoms with Crippen LogP contribution in [0.15, 0.2) is 42.5 Å². The number of hydrogen-bond acceptors (Lipinski definition) is 5. The first kappa shape index (κ1) is 22.6. The fraction of sp³-hybridized carbons (Fsp3) is 0.350. The van der Waals surface area contributed by atoms with E-state index >= 15 is 0 Å². The van der Waals surface area contributed by atoms with Crippen molar-refractivity contribution in [2.45, 2.75) is 32.5 Å². The molecule has 1 unspecified atom stereocenters. The number of carbonyl (C=O) groups is 1. The van der Waals surface area contributed by atoms with Gasteiger partial charge in [-0.3, -0.25) is 9.36 Å². The lowest BCUT2D eigenvalue weighted by atomic mass is 9.97. The third-order valence-corrected chi connectivity index (χ3v) is 6.34. The van der Waals surface area contributed by atoms with E-state index < -0.39 is 19.6 Å². The molecule has 0 saturated carbocycles. The molecule has 0 radical (unpaired) electrons. The van der Waals surface area contributed by atoms with Crippen LogP contribution in [-0.4, -0.2) is 30.3 Å². The highest BCUT2D eigenvalue weighted by molar-refractivity contribution is 7.53. The molecule has 2 aromatic carbocycles. The standard InChI is InChI=1S/C20H25ClNO5P/c1-3-26-28(25,27-4-2)13-15-9-14(12-19(22)20(23)24)10-17(11-15)16-5-7-18(21)8-6-16/h5-11,19H,3-4,12-13,22H2,1-2H3,(H,23,24). The molecule has 1 atom stereocenters. The molecule has 3 N–H and O–H groups in total. The molecule has 2 aromatic rings.